The van der Waals surface area contributed by atoms with Crippen molar-refractivity contribution in [2.24, 2.45) is 0 Å². The first kappa shape index (κ1) is 24.0. The number of nitrogens with one attached hydrogen (secondary N) is 2. The van der Waals surface area contributed by atoms with Gasteiger partial charge in [0.15, 0.2) is 0 Å². The molecule has 4 bridgehead atoms. The standard InChI is InChI=1S/C21H12BrF5N2O4S/c22-14-3-10-4-18(19(14)30)34(32,33)29-17-6-13(15(23)7-16(17)24)12-5-11(21(25,26)27)2-1-9(12)8-28-20(10)31/h1-7,29-30H,8H2,(H,28,31). The van der Waals surface area contributed by atoms with E-state index in [1.54, 1.807) is 0 Å². The minimum absolute atomic E-state index is 0.0537. The zero-order valence-electron chi connectivity index (χ0n) is 16.6. The first-order valence-electron chi connectivity index (χ1n) is 9.31. The lowest BCUT2D eigenvalue weighted by Crippen LogP contribution is -2.24. The minimum atomic E-state index is -4.79. The zero-order valence-corrected chi connectivity index (χ0v) is 19.0. The van der Waals surface area contributed by atoms with Crippen molar-refractivity contribution in [3.63, 3.8) is 0 Å². The van der Waals surface area contributed by atoms with Crippen LogP contribution in [0.3, 0.4) is 0 Å². The molecule has 1 aliphatic rings. The second kappa shape index (κ2) is 8.24. The van der Waals surface area contributed by atoms with Gasteiger partial charge in [-0.1, -0.05) is 6.07 Å². The topological polar surface area (TPSA) is 95.5 Å². The highest BCUT2D eigenvalue weighted by Gasteiger charge is 2.32. The summed E-state index contributed by atoms with van der Waals surface area (Å²) in [4.78, 5) is 11.9. The molecule has 1 amide bonds. The van der Waals surface area contributed by atoms with E-state index in [1.807, 2.05) is 4.72 Å². The third kappa shape index (κ3) is 4.32. The molecule has 3 aromatic carbocycles. The second-order valence-electron chi connectivity index (χ2n) is 7.27. The number of phenols is 1. The van der Waals surface area contributed by atoms with E-state index >= 15 is 0 Å². The lowest BCUT2D eigenvalue weighted by Gasteiger charge is -2.16. The highest BCUT2D eigenvalue weighted by atomic mass is 79.9. The Morgan fingerprint density at radius 2 is 1.68 bits per heavy atom. The van der Waals surface area contributed by atoms with Crippen molar-refractivity contribution in [2.75, 3.05) is 4.72 Å². The minimum Gasteiger partial charge on any atom is -0.505 e. The number of phenolic OH excluding ortho intramolecular Hbond substituents is 1. The predicted octanol–water partition coefficient (Wildman–Crippen LogP) is 5.16. The molecule has 3 N–H and O–H groups in total. The third-order valence-electron chi connectivity index (χ3n) is 5.05. The van der Waals surface area contributed by atoms with E-state index in [9.17, 15) is 40.3 Å². The van der Waals surface area contributed by atoms with Gasteiger partial charge >= 0.3 is 6.18 Å². The van der Waals surface area contributed by atoms with Gasteiger partial charge in [0, 0.05) is 23.7 Å². The molecule has 4 rings (SSSR count). The van der Waals surface area contributed by atoms with Gasteiger partial charge in [-0.05, 0) is 57.4 Å². The highest BCUT2D eigenvalue weighted by molar-refractivity contribution is 9.10. The quantitative estimate of drug-likeness (QED) is 0.330. The van der Waals surface area contributed by atoms with Crippen LogP contribution < -0.4 is 10.0 Å². The fourth-order valence-corrected chi connectivity index (χ4v) is 5.17. The highest BCUT2D eigenvalue weighted by Crippen LogP contribution is 2.38. The van der Waals surface area contributed by atoms with Gasteiger partial charge in [0.1, 0.15) is 22.3 Å². The van der Waals surface area contributed by atoms with Crippen LogP contribution in [0, 0.1) is 11.6 Å². The first-order chi connectivity index (χ1) is 15.8. The van der Waals surface area contributed by atoms with E-state index in [1.165, 1.54) is 0 Å². The summed E-state index contributed by atoms with van der Waals surface area (Å²) in [7, 11) is -4.73. The Morgan fingerprint density at radius 3 is 2.35 bits per heavy atom. The fourth-order valence-electron chi connectivity index (χ4n) is 3.38. The van der Waals surface area contributed by atoms with Crippen molar-refractivity contribution in [1.29, 1.82) is 0 Å². The number of alkyl halides is 3. The summed E-state index contributed by atoms with van der Waals surface area (Å²) in [6, 6.07) is 5.38. The molecule has 13 heteroatoms. The molecule has 0 atom stereocenters. The Bertz CT molecular complexity index is 1460. The van der Waals surface area contributed by atoms with Crippen LogP contribution in [0.25, 0.3) is 11.1 Å². The van der Waals surface area contributed by atoms with Gasteiger partial charge in [0.2, 0.25) is 0 Å². The van der Waals surface area contributed by atoms with Crippen LogP contribution in [0.15, 0.2) is 51.8 Å². The molecule has 0 aliphatic carbocycles. The van der Waals surface area contributed by atoms with E-state index in [0.29, 0.717) is 18.2 Å². The third-order valence-corrected chi connectivity index (χ3v) is 7.03. The number of rotatable bonds is 0. The molecule has 6 nitrogen and oxygen atoms in total. The number of carbonyl (C=O) groups is 1. The normalized spacial score (nSPS) is 15.2. The number of amides is 1. The molecule has 0 aromatic heterocycles. The van der Waals surface area contributed by atoms with Crippen LogP contribution in [-0.2, 0) is 22.7 Å². The molecule has 0 unspecified atom stereocenters. The van der Waals surface area contributed by atoms with E-state index in [-0.39, 0.29) is 27.7 Å². The molecule has 1 aliphatic heterocycles. The van der Waals surface area contributed by atoms with Gasteiger partial charge in [-0.3, -0.25) is 9.52 Å². The van der Waals surface area contributed by atoms with E-state index in [2.05, 4.69) is 21.2 Å². The molecule has 3 aromatic rings. The molecule has 34 heavy (non-hydrogen) atoms. The number of halogens is 6. The summed E-state index contributed by atoms with van der Waals surface area (Å²) in [6.45, 7) is -0.369. The monoisotopic (exact) mass is 562 g/mol. The molecular weight excluding hydrogens is 551 g/mol. The molecule has 1 heterocycles. The van der Waals surface area contributed by atoms with E-state index in [4.69, 9.17) is 0 Å². The summed E-state index contributed by atoms with van der Waals surface area (Å²) in [5.41, 5.74) is -2.95. The van der Waals surface area contributed by atoms with Gasteiger partial charge in [-0.15, -0.1) is 0 Å². The SMILES string of the molecule is O=C1NCc2ccc(C(F)(F)F)cc2-c2cc(c(F)cc2F)NS(=O)(=O)c2cc1cc(Br)c2O. The molecule has 0 saturated heterocycles. The lowest BCUT2D eigenvalue weighted by atomic mass is 9.95. The number of anilines is 1. The summed E-state index contributed by atoms with van der Waals surface area (Å²) < 4.78 is 96.6. The van der Waals surface area contributed by atoms with Crippen LogP contribution in [0.5, 0.6) is 5.75 Å². The van der Waals surface area contributed by atoms with Gasteiger partial charge < -0.3 is 10.4 Å². The van der Waals surface area contributed by atoms with Gasteiger partial charge in [0.05, 0.1) is 15.7 Å². The average molecular weight is 563 g/mol. The van der Waals surface area contributed by atoms with Crippen molar-refractivity contribution >= 4 is 37.5 Å². The van der Waals surface area contributed by atoms with E-state index in [0.717, 1.165) is 24.3 Å². The summed E-state index contributed by atoms with van der Waals surface area (Å²) in [5.74, 6) is -4.22. The van der Waals surface area contributed by atoms with Crippen molar-refractivity contribution in [1.82, 2.24) is 5.32 Å². The maximum absolute atomic E-state index is 14.7. The number of sulfonamides is 1. The number of hydrogen-bond acceptors (Lipinski definition) is 4. The Morgan fingerprint density at radius 1 is 0.971 bits per heavy atom. The average Bonchev–Trinajstić information content (AvgIpc) is 2.74. The Kier molecular flexibility index (Phi) is 5.80. The number of hydrogen-bond donors (Lipinski definition) is 3. The summed E-state index contributed by atoms with van der Waals surface area (Å²) in [6.07, 6.45) is -4.79. The summed E-state index contributed by atoms with van der Waals surface area (Å²) >= 11 is 2.95. The molecule has 0 saturated carbocycles. The van der Waals surface area contributed by atoms with Gasteiger partial charge in [0.25, 0.3) is 15.9 Å². The van der Waals surface area contributed by atoms with Crippen molar-refractivity contribution in [2.45, 2.75) is 17.6 Å². The Labute approximate surface area is 197 Å². The van der Waals surface area contributed by atoms with Crippen LogP contribution in [0.4, 0.5) is 27.6 Å². The largest absolute Gasteiger partial charge is 0.505 e. The number of aromatic hydroxyl groups is 1. The summed E-state index contributed by atoms with van der Waals surface area (Å²) in [5, 5.41) is 12.6. The molecule has 178 valence electrons. The number of benzene rings is 3. The van der Waals surface area contributed by atoms with Crippen LogP contribution >= 0.6 is 15.9 Å². The Hall–Kier alpha value is -3.19. The van der Waals surface area contributed by atoms with Crippen LogP contribution in [-0.4, -0.2) is 19.4 Å². The smallest absolute Gasteiger partial charge is 0.416 e. The van der Waals surface area contributed by atoms with Gasteiger partial charge in [-0.25, -0.2) is 17.2 Å². The Balaban J connectivity index is 2.02. The molecular formula is C21H12BrF5N2O4S. The molecule has 0 fully saturated rings. The van der Waals surface area contributed by atoms with Crippen molar-refractivity contribution in [3.8, 4) is 16.9 Å². The van der Waals surface area contributed by atoms with Crippen LogP contribution in [0.2, 0.25) is 0 Å². The second-order valence-corrected chi connectivity index (χ2v) is 9.78. The lowest BCUT2D eigenvalue weighted by molar-refractivity contribution is -0.137. The molecule has 0 radical (unpaired) electrons. The maximum Gasteiger partial charge on any atom is 0.416 e. The number of fused-ring (bicyclic) bond motifs is 6. The fraction of sp³-hybridized carbons (Fsp3) is 0.0952. The van der Waals surface area contributed by atoms with Crippen molar-refractivity contribution in [3.05, 3.63) is 75.3 Å². The molecule has 0 spiro atoms. The van der Waals surface area contributed by atoms with Gasteiger partial charge in [-0.2, -0.15) is 13.2 Å². The number of carbonyl (C=O) groups excluding carboxylic acids is 1. The maximum atomic E-state index is 14.7. The first-order valence-corrected chi connectivity index (χ1v) is 11.6. The van der Waals surface area contributed by atoms with Crippen molar-refractivity contribution < 1.29 is 40.3 Å². The van der Waals surface area contributed by atoms with Crippen LogP contribution in [0.1, 0.15) is 21.5 Å². The predicted molar refractivity (Wildman–Crippen MR) is 115 cm³/mol. The zero-order chi connectivity index (χ0) is 25.0. The van der Waals surface area contributed by atoms with E-state index < -0.39 is 61.2 Å².